The van der Waals surface area contributed by atoms with Gasteiger partial charge in [0.15, 0.2) is 0 Å². The standard InChI is InChI=1S/C12H23N3O3/c1-14(2)10(16)8-15(3)11(17)12(9-13)4-6-18-7-5-12/h4-9,13H2,1-3H3. The van der Waals surface area contributed by atoms with E-state index >= 15 is 0 Å². The molecule has 6 heteroatoms. The predicted molar refractivity (Wildman–Crippen MR) is 67.9 cm³/mol. The number of hydrogen-bond acceptors (Lipinski definition) is 4. The smallest absolute Gasteiger partial charge is 0.241 e. The van der Waals surface area contributed by atoms with Crippen LogP contribution in [0.4, 0.5) is 0 Å². The summed E-state index contributed by atoms with van der Waals surface area (Å²) in [5.74, 6) is -0.145. The van der Waals surface area contributed by atoms with Crippen molar-refractivity contribution in [3.8, 4) is 0 Å². The zero-order valence-corrected chi connectivity index (χ0v) is 11.4. The van der Waals surface area contributed by atoms with Crippen molar-refractivity contribution in [1.29, 1.82) is 0 Å². The second-order valence-electron chi connectivity index (χ2n) is 5.05. The normalized spacial score (nSPS) is 18.2. The first-order valence-corrected chi connectivity index (χ1v) is 6.16. The van der Waals surface area contributed by atoms with E-state index < -0.39 is 5.41 Å². The Balaban J connectivity index is 2.68. The third kappa shape index (κ3) is 3.20. The van der Waals surface area contributed by atoms with Crippen LogP contribution in [0.3, 0.4) is 0 Å². The van der Waals surface area contributed by atoms with Crippen LogP contribution >= 0.6 is 0 Å². The van der Waals surface area contributed by atoms with Gasteiger partial charge in [-0.3, -0.25) is 9.59 Å². The SMILES string of the molecule is CN(C)C(=O)CN(C)C(=O)C1(CN)CCOCC1. The maximum atomic E-state index is 12.4. The Labute approximate surface area is 108 Å². The molecule has 0 unspecified atom stereocenters. The van der Waals surface area contributed by atoms with Gasteiger partial charge in [0.05, 0.1) is 12.0 Å². The molecular formula is C12H23N3O3. The van der Waals surface area contributed by atoms with E-state index in [0.29, 0.717) is 32.6 Å². The topological polar surface area (TPSA) is 75.9 Å². The number of ether oxygens (including phenoxy) is 1. The van der Waals surface area contributed by atoms with Crippen LogP contribution in [0.5, 0.6) is 0 Å². The molecule has 0 aromatic carbocycles. The zero-order valence-electron chi connectivity index (χ0n) is 11.4. The third-order valence-electron chi connectivity index (χ3n) is 3.51. The lowest BCUT2D eigenvalue weighted by Gasteiger charge is -2.37. The third-order valence-corrected chi connectivity index (χ3v) is 3.51. The summed E-state index contributed by atoms with van der Waals surface area (Å²) in [6, 6.07) is 0. The second-order valence-corrected chi connectivity index (χ2v) is 5.05. The van der Waals surface area contributed by atoms with Gasteiger partial charge >= 0.3 is 0 Å². The highest BCUT2D eigenvalue weighted by molar-refractivity contribution is 5.87. The van der Waals surface area contributed by atoms with Gasteiger partial charge in [-0.25, -0.2) is 0 Å². The number of likely N-dealkylation sites (N-methyl/N-ethyl adjacent to an activating group) is 2. The first-order valence-electron chi connectivity index (χ1n) is 6.16. The van der Waals surface area contributed by atoms with E-state index in [1.54, 1.807) is 21.1 Å². The lowest BCUT2D eigenvalue weighted by Crippen LogP contribution is -2.51. The van der Waals surface area contributed by atoms with Gasteiger partial charge in [-0.2, -0.15) is 0 Å². The highest BCUT2D eigenvalue weighted by Gasteiger charge is 2.40. The van der Waals surface area contributed by atoms with E-state index in [-0.39, 0.29) is 18.4 Å². The molecule has 0 spiro atoms. The van der Waals surface area contributed by atoms with Crippen LogP contribution in [-0.2, 0) is 14.3 Å². The van der Waals surface area contributed by atoms with Gasteiger partial charge in [0.2, 0.25) is 11.8 Å². The minimum absolute atomic E-state index is 0.0523. The summed E-state index contributed by atoms with van der Waals surface area (Å²) >= 11 is 0. The molecule has 1 aliphatic rings. The first-order chi connectivity index (χ1) is 8.43. The van der Waals surface area contributed by atoms with E-state index in [9.17, 15) is 9.59 Å². The molecule has 0 aromatic heterocycles. The van der Waals surface area contributed by atoms with Gasteiger partial charge in [0.25, 0.3) is 0 Å². The molecule has 1 heterocycles. The molecule has 104 valence electrons. The van der Waals surface area contributed by atoms with Gasteiger partial charge in [-0.15, -0.1) is 0 Å². The summed E-state index contributed by atoms with van der Waals surface area (Å²) in [7, 11) is 5.00. The van der Waals surface area contributed by atoms with E-state index in [4.69, 9.17) is 10.5 Å². The fourth-order valence-corrected chi connectivity index (χ4v) is 2.09. The molecule has 0 radical (unpaired) electrons. The van der Waals surface area contributed by atoms with E-state index in [1.165, 1.54) is 9.80 Å². The average Bonchev–Trinajstić information content (AvgIpc) is 2.38. The molecule has 1 fully saturated rings. The van der Waals surface area contributed by atoms with Crippen molar-refractivity contribution < 1.29 is 14.3 Å². The summed E-state index contributed by atoms with van der Waals surface area (Å²) in [6.45, 7) is 1.50. The van der Waals surface area contributed by atoms with E-state index in [1.807, 2.05) is 0 Å². The van der Waals surface area contributed by atoms with Crippen molar-refractivity contribution in [1.82, 2.24) is 9.80 Å². The van der Waals surface area contributed by atoms with Crippen molar-refractivity contribution in [2.75, 3.05) is 47.4 Å². The maximum absolute atomic E-state index is 12.4. The molecule has 18 heavy (non-hydrogen) atoms. The summed E-state index contributed by atoms with van der Waals surface area (Å²) in [5, 5.41) is 0. The van der Waals surface area contributed by atoms with Gasteiger partial charge in [-0.05, 0) is 12.8 Å². The molecule has 1 rings (SSSR count). The minimum atomic E-state index is -0.556. The predicted octanol–water partition coefficient (Wildman–Crippen LogP) is -0.711. The zero-order chi connectivity index (χ0) is 13.8. The number of rotatable bonds is 4. The Morgan fingerprint density at radius 1 is 1.22 bits per heavy atom. The van der Waals surface area contributed by atoms with Crippen LogP contribution in [-0.4, -0.2) is 69.1 Å². The van der Waals surface area contributed by atoms with Crippen LogP contribution < -0.4 is 5.73 Å². The number of nitrogens with zero attached hydrogens (tertiary/aromatic N) is 2. The fraction of sp³-hybridized carbons (Fsp3) is 0.833. The molecular weight excluding hydrogens is 234 g/mol. The molecule has 2 amide bonds. The average molecular weight is 257 g/mol. The number of hydrogen-bond donors (Lipinski definition) is 1. The Morgan fingerprint density at radius 2 is 1.78 bits per heavy atom. The highest BCUT2D eigenvalue weighted by Crippen LogP contribution is 2.31. The lowest BCUT2D eigenvalue weighted by molar-refractivity contribution is -0.149. The summed E-state index contributed by atoms with van der Waals surface area (Å²) in [4.78, 5) is 27.0. The first kappa shape index (κ1) is 14.9. The Bertz CT molecular complexity index is 312. The minimum Gasteiger partial charge on any atom is -0.381 e. The number of carbonyl (C=O) groups is 2. The summed E-state index contributed by atoms with van der Waals surface area (Å²) in [6.07, 6.45) is 1.26. The monoisotopic (exact) mass is 257 g/mol. The number of carbonyl (C=O) groups excluding carboxylic acids is 2. The van der Waals surface area contributed by atoms with Gasteiger partial charge < -0.3 is 20.3 Å². The van der Waals surface area contributed by atoms with Crippen molar-refractivity contribution in [2.24, 2.45) is 11.1 Å². The molecule has 1 aliphatic heterocycles. The van der Waals surface area contributed by atoms with Crippen LogP contribution in [0.15, 0.2) is 0 Å². The van der Waals surface area contributed by atoms with Crippen LogP contribution in [0.1, 0.15) is 12.8 Å². The quantitative estimate of drug-likeness (QED) is 0.722. The largest absolute Gasteiger partial charge is 0.381 e. The summed E-state index contributed by atoms with van der Waals surface area (Å²) < 4.78 is 5.27. The Hall–Kier alpha value is -1.14. The summed E-state index contributed by atoms with van der Waals surface area (Å²) in [5.41, 5.74) is 5.21. The number of amides is 2. The molecule has 6 nitrogen and oxygen atoms in total. The molecule has 0 aromatic rings. The molecule has 1 saturated heterocycles. The van der Waals surface area contributed by atoms with E-state index in [2.05, 4.69) is 0 Å². The fourth-order valence-electron chi connectivity index (χ4n) is 2.09. The molecule has 0 saturated carbocycles. The van der Waals surface area contributed by atoms with Gasteiger partial charge in [-0.1, -0.05) is 0 Å². The van der Waals surface area contributed by atoms with Crippen molar-refractivity contribution in [2.45, 2.75) is 12.8 Å². The highest BCUT2D eigenvalue weighted by atomic mass is 16.5. The molecule has 0 aliphatic carbocycles. The maximum Gasteiger partial charge on any atom is 0.241 e. The van der Waals surface area contributed by atoms with Gasteiger partial charge in [0, 0.05) is 40.9 Å². The molecule has 0 atom stereocenters. The Kier molecular flexibility index (Phi) is 5.10. The van der Waals surface area contributed by atoms with Gasteiger partial charge in [0.1, 0.15) is 0 Å². The molecule has 2 N–H and O–H groups in total. The van der Waals surface area contributed by atoms with Crippen molar-refractivity contribution in [3.05, 3.63) is 0 Å². The van der Waals surface area contributed by atoms with Crippen LogP contribution in [0.2, 0.25) is 0 Å². The van der Waals surface area contributed by atoms with E-state index in [0.717, 1.165) is 0 Å². The van der Waals surface area contributed by atoms with Crippen LogP contribution in [0.25, 0.3) is 0 Å². The number of nitrogens with two attached hydrogens (primary N) is 1. The van der Waals surface area contributed by atoms with Crippen LogP contribution in [0, 0.1) is 5.41 Å². The second kappa shape index (κ2) is 6.15. The van der Waals surface area contributed by atoms with Crippen molar-refractivity contribution >= 4 is 11.8 Å². The van der Waals surface area contributed by atoms with Crippen molar-refractivity contribution in [3.63, 3.8) is 0 Å². The molecule has 0 bridgehead atoms. The lowest BCUT2D eigenvalue weighted by atomic mass is 9.79. The Morgan fingerprint density at radius 3 is 2.22 bits per heavy atom.